The molecule has 0 saturated heterocycles. The summed E-state index contributed by atoms with van der Waals surface area (Å²) < 4.78 is 1.94. The van der Waals surface area contributed by atoms with Gasteiger partial charge in [0.2, 0.25) is 0 Å². The standard InChI is InChI=1S/C9H16N2OS/c1-7(2)6-13-9-10-4-8(5-12)11(9)3/h4,7,12H,5-6H2,1-3H3. The van der Waals surface area contributed by atoms with Gasteiger partial charge in [-0.3, -0.25) is 0 Å². The lowest BCUT2D eigenvalue weighted by atomic mass is 10.3. The van der Waals surface area contributed by atoms with Crippen LogP contribution in [-0.2, 0) is 13.7 Å². The average molecular weight is 200 g/mol. The fraction of sp³-hybridized carbons (Fsp3) is 0.667. The Morgan fingerprint density at radius 1 is 1.62 bits per heavy atom. The molecule has 0 radical (unpaired) electrons. The first kappa shape index (κ1) is 10.6. The van der Waals surface area contributed by atoms with E-state index in [-0.39, 0.29) is 6.61 Å². The van der Waals surface area contributed by atoms with E-state index < -0.39 is 0 Å². The van der Waals surface area contributed by atoms with E-state index in [0.29, 0.717) is 5.92 Å². The third-order valence-corrected chi connectivity index (χ3v) is 3.22. The minimum absolute atomic E-state index is 0.0612. The predicted octanol–water partition coefficient (Wildman–Crippen LogP) is 1.66. The highest BCUT2D eigenvalue weighted by Gasteiger charge is 2.06. The molecule has 1 rings (SSSR count). The molecule has 1 N–H and O–H groups in total. The van der Waals surface area contributed by atoms with Crippen molar-refractivity contribution in [1.82, 2.24) is 9.55 Å². The quantitative estimate of drug-likeness (QED) is 0.751. The Morgan fingerprint density at radius 2 is 2.31 bits per heavy atom. The second-order valence-electron chi connectivity index (χ2n) is 3.45. The lowest BCUT2D eigenvalue weighted by Gasteiger charge is -2.05. The molecular weight excluding hydrogens is 184 g/mol. The molecule has 3 nitrogen and oxygen atoms in total. The Balaban J connectivity index is 2.62. The van der Waals surface area contributed by atoms with E-state index in [1.54, 1.807) is 18.0 Å². The molecular formula is C9H16N2OS. The highest BCUT2D eigenvalue weighted by Crippen LogP contribution is 2.19. The molecule has 0 atom stereocenters. The van der Waals surface area contributed by atoms with Gasteiger partial charge in [-0.15, -0.1) is 0 Å². The lowest BCUT2D eigenvalue weighted by molar-refractivity contribution is 0.271. The lowest BCUT2D eigenvalue weighted by Crippen LogP contribution is -1.99. The summed E-state index contributed by atoms with van der Waals surface area (Å²) in [5, 5.41) is 9.92. The third-order valence-electron chi connectivity index (χ3n) is 1.75. The highest BCUT2D eigenvalue weighted by molar-refractivity contribution is 7.99. The molecule has 0 saturated carbocycles. The van der Waals surface area contributed by atoms with Crippen molar-refractivity contribution in [3.8, 4) is 0 Å². The number of thioether (sulfide) groups is 1. The van der Waals surface area contributed by atoms with Crippen molar-refractivity contribution in [2.75, 3.05) is 5.75 Å². The van der Waals surface area contributed by atoms with Gasteiger partial charge in [0.05, 0.1) is 18.5 Å². The Kier molecular flexibility index (Phi) is 3.81. The summed E-state index contributed by atoms with van der Waals surface area (Å²) >= 11 is 1.73. The van der Waals surface area contributed by atoms with Gasteiger partial charge in [0.1, 0.15) is 0 Å². The minimum Gasteiger partial charge on any atom is -0.390 e. The molecule has 13 heavy (non-hydrogen) atoms. The van der Waals surface area contributed by atoms with Gasteiger partial charge in [0.25, 0.3) is 0 Å². The van der Waals surface area contributed by atoms with Crippen LogP contribution in [0.25, 0.3) is 0 Å². The Hall–Kier alpha value is -0.480. The van der Waals surface area contributed by atoms with Gasteiger partial charge < -0.3 is 9.67 Å². The van der Waals surface area contributed by atoms with Crippen LogP contribution in [0.4, 0.5) is 0 Å². The molecule has 74 valence electrons. The van der Waals surface area contributed by atoms with Crippen LogP contribution >= 0.6 is 11.8 Å². The van der Waals surface area contributed by atoms with Crippen molar-refractivity contribution >= 4 is 11.8 Å². The van der Waals surface area contributed by atoms with Crippen LogP contribution < -0.4 is 0 Å². The fourth-order valence-corrected chi connectivity index (χ4v) is 1.87. The summed E-state index contributed by atoms with van der Waals surface area (Å²) in [5.41, 5.74) is 0.867. The number of hydrogen-bond acceptors (Lipinski definition) is 3. The molecule has 1 aromatic heterocycles. The minimum atomic E-state index is 0.0612. The molecule has 0 aliphatic heterocycles. The van der Waals surface area contributed by atoms with Crippen LogP contribution in [0.2, 0.25) is 0 Å². The number of hydrogen-bond donors (Lipinski definition) is 1. The Labute approximate surface area is 83.2 Å². The van der Waals surface area contributed by atoms with Crippen LogP contribution in [0.1, 0.15) is 19.5 Å². The zero-order valence-corrected chi connectivity index (χ0v) is 9.14. The average Bonchev–Trinajstić information content (AvgIpc) is 2.43. The maximum absolute atomic E-state index is 8.94. The number of aliphatic hydroxyl groups is 1. The van der Waals surface area contributed by atoms with Crippen LogP contribution in [0.15, 0.2) is 11.4 Å². The van der Waals surface area contributed by atoms with E-state index in [1.807, 2.05) is 11.6 Å². The highest BCUT2D eigenvalue weighted by atomic mass is 32.2. The summed E-state index contributed by atoms with van der Waals surface area (Å²) in [7, 11) is 1.93. The van der Waals surface area contributed by atoms with Crippen LogP contribution in [0.5, 0.6) is 0 Å². The topological polar surface area (TPSA) is 38.1 Å². The zero-order valence-electron chi connectivity index (χ0n) is 8.32. The zero-order chi connectivity index (χ0) is 9.84. The predicted molar refractivity (Wildman–Crippen MR) is 54.7 cm³/mol. The summed E-state index contributed by atoms with van der Waals surface area (Å²) in [4.78, 5) is 4.22. The van der Waals surface area contributed by atoms with E-state index in [0.717, 1.165) is 16.6 Å². The molecule has 0 aliphatic rings. The van der Waals surface area contributed by atoms with Crippen molar-refractivity contribution in [2.45, 2.75) is 25.6 Å². The van der Waals surface area contributed by atoms with Gasteiger partial charge in [0.15, 0.2) is 5.16 Å². The molecule has 0 fully saturated rings. The van der Waals surface area contributed by atoms with Crippen molar-refractivity contribution in [1.29, 1.82) is 0 Å². The van der Waals surface area contributed by atoms with Crippen LogP contribution in [-0.4, -0.2) is 20.4 Å². The van der Waals surface area contributed by atoms with E-state index >= 15 is 0 Å². The first-order chi connectivity index (χ1) is 6.15. The molecule has 1 heterocycles. The maximum Gasteiger partial charge on any atom is 0.167 e. The van der Waals surface area contributed by atoms with E-state index in [2.05, 4.69) is 18.8 Å². The number of rotatable bonds is 4. The van der Waals surface area contributed by atoms with Crippen LogP contribution in [0.3, 0.4) is 0 Å². The number of imidazole rings is 1. The smallest absolute Gasteiger partial charge is 0.167 e. The van der Waals surface area contributed by atoms with E-state index in [1.165, 1.54) is 0 Å². The van der Waals surface area contributed by atoms with Gasteiger partial charge in [-0.05, 0) is 5.92 Å². The Bertz CT molecular complexity index is 271. The number of nitrogens with zero attached hydrogens (tertiary/aromatic N) is 2. The molecule has 0 unspecified atom stereocenters. The molecule has 0 spiro atoms. The fourth-order valence-electron chi connectivity index (χ4n) is 0.948. The SMILES string of the molecule is CC(C)CSc1ncc(CO)n1C. The molecule has 1 aromatic rings. The van der Waals surface area contributed by atoms with Gasteiger partial charge in [-0.2, -0.15) is 0 Å². The van der Waals surface area contributed by atoms with Crippen molar-refractivity contribution in [3.05, 3.63) is 11.9 Å². The molecule has 0 amide bonds. The summed E-state index contributed by atoms with van der Waals surface area (Å²) in [6, 6.07) is 0. The van der Waals surface area contributed by atoms with E-state index in [9.17, 15) is 0 Å². The van der Waals surface area contributed by atoms with Crippen LogP contribution in [0, 0.1) is 5.92 Å². The van der Waals surface area contributed by atoms with Crippen molar-refractivity contribution in [3.63, 3.8) is 0 Å². The molecule has 0 aromatic carbocycles. The van der Waals surface area contributed by atoms with E-state index in [4.69, 9.17) is 5.11 Å². The van der Waals surface area contributed by atoms with Crippen molar-refractivity contribution in [2.24, 2.45) is 13.0 Å². The molecule has 0 bridgehead atoms. The normalized spacial score (nSPS) is 11.2. The maximum atomic E-state index is 8.94. The van der Waals surface area contributed by atoms with Gasteiger partial charge >= 0.3 is 0 Å². The van der Waals surface area contributed by atoms with Gasteiger partial charge in [-0.25, -0.2) is 4.98 Å². The second-order valence-corrected chi connectivity index (χ2v) is 4.44. The summed E-state index contributed by atoms with van der Waals surface area (Å²) in [5.74, 6) is 1.73. The summed E-state index contributed by atoms with van der Waals surface area (Å²) in [6.07, 6.45) is 1.72. The monoisotopic (exact) mass is 200 g/mol. The molecule has 0 aliphatic carbocycles. The number of aliphatic hydroxyl groups excluding tert-OH is 1. The van der Waals surface area contributed by atoms with Gasteiger partial charge in [-0.1, -0.05) is 25.6 Å². The van der Waals surface area contributed by atoms with Crippen molar-refractivity contribution < 1.29 is 5.11 Å². The third kappa shape index (κ3) is 2.74. The largest absolute Gasteiger partial charge is 0.390 e. The number of aromatic nitrogens is 2. The van der Waals surface area contributed by atoms with Gasteiger partial charge in [0, 0.05) is 12.8 Å². The Morgan fingerprint density at radius 3 is 2.77 bits per heavy atom. The molecule has 4 heteroatoms. The first-order valence-electron chi connectivity index (χ1n) is 4.39. The summed E-state index contributed by atoms with van der Waals surface area (Å²) in [6.45, 7) is 4.43. The first-order valence-corrected chi connectivity index (χ1v) is 5.38. The second kappa shape index (κ2) is 4.67.